The zero-order valence-electron chi connectivity index (χ0n) is 9.34. The maximum Gasteiger partial charge on any atom is 0.0925 e. The number of thiazole rings is 1. The highest BCUT2D eigenvalue weighted by molar-refractivity contribution is 7.11. The smallest absolute Gasteiger partial charge is 0.0925 e. The molecule has 1 atom stereocenters. The Bertz CT molecular complexity index is 258. The largest absolute Gasteiger partial charge is 0.309 e. The van der Waals surface area contributed by atoms with Crippen molar-refractivity contribution in [3.63, 3.8) is 0 Å². The van der Waals surface area contributed by atoms with Crippen molar-refractivity contribution in [3.05, 3.63) is 16.1 Å². The van der Waals surface area contributed by atoms with Crippen molar-refractivity contribution in [1.29, 1.82) is 0 Å². The molecule has 0 fully saturated rings. The molecule has 1 rings (SSSR count). The highest BCUT2D eigenvalue weighted by Gasteiger charge is 2.02. The van der Waals surface area contributed by atoms with Gasteiger partial charge in [-0.2, -0.15) is 0 Å². The fraction of sp³-hybridized carbons (Fsp3) is 0.727. The van der Waals surface area contributed by atoms with Crippen LogP contribution in [-0.4, -0.2) is 11.0 Å². The van der Waals surface area contributed by atoms with E-state index >= 15 is 0 Å². The first-order valence-electron chi connectivity index (χ1n) is 5.43. The van der Waals surface area contributed by atoms with Crippen LogP contribution in [0.15, 0.2) is 6.20 Å². The predicted molar refractivity (Wildman–Crippen MR) is 62.7 cm³/mol. The Morgan fingerprint density at radius 2 is 2.29 bits per heavy atom. The molecule has 0 bridgehead atoms. The summed E-state index contributed by atoms with van der Waals surface area (Å²) in [5, 5.41) is 4.75. The molecule has 1 unspecified atom stereocenters. The molecular weight excluding hydrogens is 192 g/mol. The third-order valence-electron chi connectivity index (χ3n) is 2.25. The van der Waals surface area contributed by atoms with Crippen molar-refractivity contribution in [3.8, 4) is 0 Å². The lowest BCUT2D eigenvalue weighted by atomic mass is 10.2. The van der Waals surface area contributed by atoms with Gasteiger partial charge in [0.1, 0.15) is 0 Å². The van der Waals surface area contributed by atoms with E-state index in [4.69, 9.17) is 0 Å². The van der Waals surface area contributed by atoms with Gasteiger partial charge >= 0.3 is 0 Å². The number of hydrogen-bond acceptors (Lipinski definition) is 3. The van der Waals surface area contributed by atoms with Gasteiger partial charge in [0.2, 0.25) is 0 Å². The standard InChI is InChI=1S/C11H20N2S/c1-4-6-9(3)12-7-10-8-13-11(5-2)14-10/h8-9,12H,4-7H2,1-3H3. The van der Waals surface area contributed by atoms with Crippen LogP contribution >= 0.6 is 11.3 Å². The normalized spacial score (nSPS) is 13.1. The minimum absolute atomic E-state index is 0.618. The van der Waals surface area contributed by atoms with Crippen LogP contribution in [0.3, 0.4) is 0 Å². The Balaban J connectivity index is 2.30. The van der Waals surface area contributed by atoms with E-state index in [9.17, 15) is 0 Å². The van der Waals surface area contributed by atoms with Gasteiger partial charge in [0, 0.05) is 23.7 Å². The molecule has 3 heteroatoms. The van der Waals surface area contributed by atoms with Crippen LogP contribution in [0.5, 0.6) is 0 Å². The lowest BCUT2D eigenvalue weighted by Crippen LogP contribution is -2.24. The van der Waals surface area contributed by atoms with Gasteiger partial charge in [0.15, 0.2) is 0 Å². The number of hydrogen-bond donors (Lipinski definition) is 1. The molecule has 1 aromatic rings. The molecule has 0 saturated heterocycles. The molecule has 0 spiro atoms. The summed E-state index contributed by atoms with van der Waals surface area (Å²) in [6.45, 7) is 7.58. The minimum Gasteiger partial charge on any atom is -0.309 e. The molecule has 0 aromatic carbocycles. The van der Waals surface area contributed by atoms with Gasteiger partial charge in [-0.05, 0) is 19.8 Å². The van der Waals surface area contributed by atoms with Crippen molar-refractivity contribution in [2.24, 2.45) is 0 Å². The second-order valence-corrected chi connectivity index (χ2v) is 4.84. The highest BCUT2D eigenvalue weighted by atomic mass is 32.1. The molecular formula is C11H20N2S. The molecule has 1 heterocycles. The van der Waals surface area contributed by atoms with Crippen LogP contribution in [0.25, 0.3) is 0 Å². The van der Waals surface area contributed by atoms with E-state index in [2.05, 4.69) is 31.1 Å². The van der Waals surface area contributed by atoms with Gasteiger partial charge in [0.25, 0.3) is 0 Å². The molecule has 0 amide bonds. The predicted octanol–water partition coefficient (Wildman–Crippen LogP) is 2.98. The number of aryl methyl sites for hydroxylation is 1. The lowest BCUT2D eigenvalue weighted by molar-refractivity contribution is 0.511. The van der Waals surface area contributed by atoms with Crippen molar-refractivity contribution in [2.75, 3.05) is 0 Å². The van der Waals surface area contributed by atoms with E-state index in [1.54, 1.807) is 0 Å². The third kappa shape index (κ3) is 3.76. The number of nitrogens with one attached hydrogen (secondary N) is 1. The molecule has 80 valence electrons. The average Bonchev–Trinajstić information content (AvgIpc) is 2.63. The van der Waals surface area contributed by atoms with Crippen LogP contribution in [-0.2, 0) is 13.0 Å². The zero-order chi connectivity index (χ0) is 10.4. The summed E-state index contributed by atoms with van der Waals surface area (Å²) in [7, 11) is 0. The van der Waals surface area contributed by atoms with Gasteiger partial charge in [-0.25, -0.2) is 4.98 Å². The minimum atomic E-state index is 0.618. The van der Waals surface area contributed by atoms with Crippen LogP contribution in [0.4, 0.5) is 0 Å². The molecule has 0 aliphatic carbocycles. The lowest BCUT2D eigenvalue weighted by Gasteiger charge is -2.10. The van der Waals surface area contributed by atoms with Gasteiger partial charge in [-0.1, -0.05) is 20.3 Å². The Kier molecular flexibility index (Phi) is 5.12. The SMILES string of the molecule is CCCC(C)NCc1cnc(CC)s1. The van der Waals surface area contributed by atoms with E-state index in [-0.39, 0.29) is 0 Å². The summed E-state index contributed by atoms with van der Waals surface area (Å²) in [5.74, 6) is 0. The highest BCUT2D eigenvalue weighted by Crippen LogP contribution is 2.13. The second kappa shape index (κ2) is 6.14. The summed E-state index contributed by atoms with van der Waals surface area (Å²) in [4.78, 5) is 5.69. The van der Waals surface area contributed by atoms with Crippen LogP contribution < -0.4 is 5.32 Å². The summed E-state index contributed by atoms with van der Waals surface area (Å²) in [6.07, 6.45) is 5.54. The van der Waals surface area contributed by atoms with Crippen molar-refractivity contribution >= 4 is 11.3 Å². The van der Waals surface area contributed by atoms with E-state index < -0.39 is 0 Å². The van der Waals surface area contributed by atoms with E-state index in [0.29, 0.717) is 6.04 Å². The van der Waals surface area contributed by atoms with Crippen LogP contribution in [0.2, 0.25) is 0 Å². The van der Waals surface area contributed by atoms with Gasteiger partial charge in [-0.15, -0.1) is 11.3 Å². The summed E-state index contributed by atoms with van der Waals surface area (Å²) >= 11 is 1.82. The molecule has 14 heavy (non-hydrogen) atoms. The topological polar surface area (TPSA) is 24.9 Å². The average molecular weight is 212 g/mol. The third-order valence-corrected chi connectivity index (χ3v) is 3.39. The number of nitrogens with zero attached hydrogens (tertiary/aromatic N) is 1. The first-order valence-corrected chi connectivity index (χ1v) is 6.24. The molecule has 2 nitrogen and oxygen atoms in total. The number of aromatic nitrogens is 1. The van der Waals surface area contributed by atoms with Gasteiger partial charge in [-0.3, -0.25) is 0 Å². The van der Waals surface area contributed by atoms with Crippen molar-refractivity contribution < 1.29 is 0 Å². The van der Waals surface area contributed by atoms with Crippen molar-refractivity contribution in [2.45, 2.75) is 52.6 Å². The monoisotopic (exact) mass is 212 g/mol. The molecule has 0 saturated carbocycles. The molecule has 0 aliphatic rings. The fourth-order valence-corrected chi connectivity index (χ4v) is 2.22. The summed E-state index contributed by atoms with van der Waals surface area (Å²) < 4.78 is 0. The van der Waals surface area contributed by atoms with Crippen LogP contribution in [0, 0.1) is 0 Å². The van der Waals surface area contributed by atoms with E-state index in [0.717, 1.165) is 13.0 Å². The quantitative estimate of drug-likeness (QED) is 0.784. The number of rotatable bonds is 6. The Hall–Kier alpha value is -0.410. The maximum absolute atomic E-state index is 4.34. The first kappa shape index (κ1) is 11.7. The Labute approximate surface area is 90.8 Å². The van der Waals surface area contributed by atoms with Crippen LogP contribution in [0.1, 0.15) is 43.5 Å². The van der Waals surface area contributed by atoms with E-state index in [1.807, 2.05) is 17.5 Å². The molecule has 1 aromatic heterocycles. The second-order valence-electron chi connectivity index (χ2n) is 3.64. The van der Waals surface area contributed by atoms with Gasteiger partial charge in [0.05, 0.1) is 5.01 Å². The molecule has 0 radical (unpaired) electrons. The molecule has 0 aliphatic heterocycles. The van der Waals surface area contributed by atoms with E-state index in [1.165, 1.54) is 22.7 Å². The molecule has 1 N–H and O–H groups in total. The summed E-state index contributed by atoms with van der Waals surface area (Å²) in [6, 6.07) is 0.618. The maximum atomic E-state index is 4.34. The van der Waals surface area contributed by atoms with Crippen molar-refractivity contribution in [1.82, 2.24) is 10.3 Å². The Morgan fingerprint density at radius 1 is 1.50 bits per heavy atom. The zero-order valence-corrected chi connectivity index (χ0v) is 10.2. The Morgan fingerprint density at radius 3 is 2.86 bits per heavy atom. The first-order chi connectivity index (χ1) is 6.76. The fourth-order valence-electron chi connectivity index (χ4n) is 1.40. The van der Waals surface area contributed by atoms with Gasteiger partial charge < -0.3 is 5.32 Å². The summed E-state index contributed by atoms with van der Waals surface area (Å²) in [5.41, 5.74) is 0.